The third-order valence-corrected chi connectivity index (χ3v) is 2.95. The van der Waals surface area contributed by atoms with Gasteiger partial charge in [-0.25, -0.2) is 0 Å². The molecule has 1 N–H and O–H groups in total. The number of anilines is 1. The Balaban J connectivity index is 2.17. The summed E-state index contributed by atoms with van der Waals surface area (Å²) in [5, 5.41) is 3.98. The van der Waals surface area contributed by atoms with E-state index in [1.54, 1.807) is 14.2 Å². The van der Waals surface area contributed by atoms with E-state index in [0.717, 1.165) is 22.8 Å². The third-order valence-electron chi connectivity index (χ3n) is 2.69. The van der Waals surface area contributed by atoms with Crippen molar-refractivity contribution < 1.29 is 4.74 Å². The predicted octanol–water partition coefficient (Wildman–Crippen LogP) is 3.84. The van der Waals surface area contributed by atoms with Gasteiger partial charge in [-0.3, -0.25) is 4.99 Å². The topological polar surface area (TPSA) is 33.6 Å². The van der Waals surface area contributed by atoms with Gasteiger partial charge in [0.2, 0.25) is 0 Å². The average molecular weight is 275 g/mol. The van der Waals surface area contributed by atoms with Gasteiger partial charge < -0.3 is 10.1 Å². The minimum Gasteiger partial charge on any atom is -0.497 e. The number of nitrogens with zero attached hydrogens (tertiary/aromatic N) is 1. The Morgan fingerprint density at radius 1 is 1.05 bits per heavy atom. The van der Waals surface area contributed by atoms with Gasteiger partial charge in [0, 0.05) is 23.3 Å². The van der Waals surface area contributed by atoms with Crippen LogP contribution in [0, 0.1) is 0 Å². The fourth-order valence-corrected chi connectivity index (χ4v) is 1.80. The maximum Gasteiger partial charge on any atom is 0.132 e. The highest BCUT2D eigenvalue weighted by Crippen LogP contribution is 2.17. The fourth-order valence-electron chi connectivity index (χ4n) is 1.68. The van der Waals surface area contributed by atoms with E-state index < -0.39 is 0 Å². The van der Waals surface area contributed by atoms with Crippen LogP contribution in [0.15, 0.2) is 53.5 Å². The second-order valence-electron chi connectivity index (χ2n) is 3.93. The van der Waals surface area contributed by atoms with E-state index in [0.29, 0.717) is 5.02 Å². The zero-order chi connectivity index (χ0) is 13.7. The quantitative estimate of drug-likeness (QED) is 0.682. The number of hydrogen-bond acceptors (Lipinski definition) is 2. The summed E-state index contributed by atoms with van der Waals surface area (Å²) in [5.41, 5.74) is 1.94. The summed E-state index contributed by atoms with van der Waals surface area (Å²) in [5.74, 6) is 1.62. The average Bonchev–Trinajstić information content (AvgIpc) is 2.46. The molecule has 2 aromatic carbocycles. The molecule has 0 aliphatic rings. The third kappa shape index (κ3) is 3.48. The van der Waals surface area contributed by atoms with E-state index in [1.807, 2.05) is 48.5 Å². The van der Waals surface area contributed by atoms with Crippen molar-refractivity contribution in [1.29, 1.82) is 0 Å². The highest BCUT2D eigenvalue weighted by atomic mass is 35.5. The van der Waals surface area contributed by atoms with Crippen molar-refractivity contribution in [1.82, 2.24) is 0 Å². The molecule has 0 spiro atoms. The van der Waals surface area contributed by atoms with Gasteiger partial charge in [-0.15, -0.1) is 0 Å². The van der Waals surface area contributed by atoms with Crippen LogP contribution in [0.2, 0.25) is 5.02 Å². The second kappa shape index (κ2) is 6.25. The van der Waals surface area contributed by atoms with Crippen LogP contribution < -0.4 is 10.1 Å². The number of amidine groups is 1. The summed E-state index contributed by atoms with van der Waals surface area (Å²) in [6.45, 7) is 0. The molecule has 3 nitrogen and oxygen atoms in total. The van der Waals surface area contributed by atoms with Crippen molar-refractivity contribution in [2.75, 3.05) is 19.5 Å². The molecule has 0 fully saturated rings. The molecule has 0 unspecified atom stereocenters. The number of aliphatic imine (C=N–C) groups is 1. The van der Waals surface area contributed by atoms with Crippen LogP contribution in [0.3, 0.4) is 0 Å². The van der Waals surface area contributed by atoms with Crippen molar-refractivity contribution in [3.05, 3.63) is 59.1 Å². The number of halogens is 1. The Bertz CT molecular complexity index is 562. The lowest BCUT2D eigenvalue weighted by Crippen LogP contribution is -2.13. The van der Waals surface area contributed by atoms with Crippen molar-refractivity contribution in [3.63, 3.8) is 0 Å². The Morgan fingerprint density at radius 2 is 1.68 bits per heavy atom. The molecule has 98 valence electrons. The minimum atomic E-state index is 0.712. The second-order valence-corrected chi connectivity index (χ2v) is 4.37. The van der Waals surface area contributed by atoms with Gasteiger partial charge in [-0.05, 0) is 48.5 Å². The number of hydrogen-bond donors (Lipinski definition) is 1. The normalized spacial score (nSPS) is 11.2. The summed E-state index contributed by atoms with van der Waals surface area (Å²) in [6.07, 6.45) is 0. The van der Waals surface area contributed by atoms with Crippen LogP contribution in [0.25, 0.3) is 0 Å². The molecule has 19 heavy (non-hydrogen) atoms. The van der Waals surface area contributed by atoms with E-state index in [4.69, 9.17) is 16.3 Å². The van der Waals surface area contributed by atoms with Gasteiger partial charge in [0.05, 0.1) is 7.11 Å². The van der Waals surface area contributed by atoms with Crippen molar-refractivity contribution in [2.45, 2.75) is 0 Å². The molecular weight excluding hydrogens is 260 g/mol. The number of methoxy groups -OCH3 is 1. The molecule has 0 radical (unpaired) electrons. The minimum absolute atomic E-state index is 0.712. The van der Waals surface area contributed by atoms with Gasteiger partial charge in [0.25, 0.3) is 0 Å². The summed E-state index contributed by atoms with van der Waals surface area (Å²) in [4.78, 5) is 4.26. The van der Waals surface area contributed by atoms with E-state index >= 15 is 0 Å². The number of rotatable bonds is 3. The van der Waals surface area contributed by atoms with Crippen LogP contribution in [-0.2, 0) is 0 Å². The Kier molecular flexibility index (Phi) is 4.42. The SMILES string of the molecule is CN=C(Nc1ccc(OC)cc1)c1ccc(Cl)cc1. The number of benzene rings is 2. The van der Waals surface area contributed by atoms with Crippen molar-refractivity contribution in [2.24, 2.45) is 4.99 Å². The fraction of sp³-hybridized carbons (Fsp3) is 0.133. The van der Waals surface area contributed by atoms with Crippen LogP contribution >= 0.6 is 11.6 Å². The smallest absolute Gasteiger partial charge is 0.132 e. The number of nitrogens with one attached hydrogen (secondary N) is 1. The van der Waals surface area contributed by atoms with Gasteiger partial charge in [0.1, 0.15) is 11.6 Å². The van der Waals surface area contributed by atoms with Gasteiger partial charge >= 0.3 is 0 Å². The van der Waals surface area contributed by atoms with Gasteiger partial charge in [-0.1, -0.05) is 11.6 Å². The number of ether oxygens (including phenoxy) is 1. The molecule has 0 atom stereocenters. The zero-order valence-corrected chi connectivity index (χ0v) is 11.6. The molecule has 0 aliphatic carbocycles. The van der Waals surface area contributed by atoms with E-state index in [2.05, 4.69) is 10.3 Å². The van der Waals surface area contributed by atoms with Crippen LogP contribution in [-0.4, -0.2) is 20.0 Å². The molecule has 0 aromatic heterocycles. The first-order valence-electron chi connectivity index (χ1n) is 5.86. The molecule has 0 heterocycles. The molecule has 0 amide bonds. The van der Waals surface area contributed by atoms with Crippen LogP contribution in [0.5, 0.6) is 5.75 Å². The molecule has 0 aliphatic heterocycles. The zero-order valence-electron chi connectivity index (χ0n) is 10.9. The molecule has 2 rings (SSSR count). The highest BCUT2D eigenvalue weighted by molar-refractivity contribution is 6.30. The lowest BCUT2D eigenvalue weighted by Gasteiger charge is -2.10. The summed E-state index contributed by atoms with van der Waals surface area (Å²) < 4.78 is 5.13. The maximum absolute atomic E-state index is 5.88. The van der Waals surface area contributed by atoms with Crippen molar-refractivity contribution in [3.8, 4) is 5.75 Å². The standard InChI is InChI=1S/C15H15ClN2O/c1-17-15(11-3-5-12(16)6-4-11)18-13-7-9-14(19-2)10-8-13/h3-10H,1-2H3,(H,17,18). The summed E-state index contributed by atoms with van der Waals surface area (Å²) >= 11 is 5.88. The van der Waals surface area contributed by atoms with E-state index in [9.17, 15) is 0 Å². The maximum atomic E-state index is 5.88. The Morgan fingerprint density at radius 3 is 2.21 bits per heavy atom. The Labute approximate surface area is 117 Å². The predicted molar refractivity (Wildman–Crippen MR) is 80.5 cm³/mol. The molecule has 2 aromatic rings. The summed E-state index contributed by atoms with van der Waals surface area (Å²) in [7, 11) is 3.40. The lowest BCUT2D eigenvalue weighted by atomic mass is 10.2. The first kappa shape index (κ1) is 13.4. The van der Waals surface area contributed by atoms with Crippen LogP contribution in [0.4, 0.5) is 5.69 Å². The van der Waals surface area contributed by atoms with Gasteiger partial charge in [0.15, 0.2) is 0 Å². The molecule has 0 saturated heterocycles. The first-order valence-corrected chi connectivity index (χ1v) is 6.24. The van der Waals surface area contributed by atoms with Gasteiger partial charge in [-0.2, -0.15) is 0 Å². The van der Waals surface area contributed by atoms with E-state index in [-0.39, 0.29) is 0 Å². The molecule has 0 saturated carbocycles. The summed E-state index contributed by atoms with van der Waals surface area (Å²) in [6, 6.07) is 15.2. The Hall–Kier alpha value is -2.00. The lowest BCUT2D eigenvalue weighted by molar-refractivity contribution is 0.415. The monoisotopic (exact) mass is 274 g/mol. The first-order chi connectivity index (χ1) is 9.22. The van der Waals surface area contributed by atoms with Crippen LogP contribution in [0.1, 0.15) is 5.56 Å². The highest BCUT2D eigenvalue weighted by Gasteiger charge is 2.03. The molecule has 4 heteroatoms. The molecular formula is C15H15ClN2O. The van der Waals surface area contributed by atoms with E-state index in [1.165, 1.54) is 0 Å². The van der Waals surface area contributed by atoms with Crippen molar-refractivity contribution >= 4 is 23.1 Å². The largest absolute Gasteiger partial charge is 0.497 e. The molecule has 0 bridgehead atoms.